The standard InChI is InChI=1S/C25H31N3O2/c29-23-14-6-7-17-28(23)24(20-10-2-1-3-11-20)25(30)26-18-21-12-4-5-13-22(21)19-27-15-8-9-16-27/h1-5,10-13,24H,6-9,14-19H2,(H,26,30). The number of amides is 2. The third-order valence-corrected chi connectivity index (χ3v) is 6.20. The number of likely N-dealkylation sites (tertiary alicyclic amines) is 2. The molecule has 2 fully saturated rings. The Hall–Kier alpha value is -2.66. The molecular weight excluding hydrogens is 374 g/mol. The van der Waals surface area contributed by atoms with Crippen molar-refractivity contribution in [1.82, 2.24) is 15.1 Å². The van der Waals surface area contributed by atoms with E-state index in [0.717, 1.165) is 43.6 Å². The molecule has 5 heteroatoms. The van der Waals surface area contributed by atoms with Crippen molar-refractivity contribution in [1.29, 1.82) is 0 Å². The normalized spacial score (nSPS) is 18.4. The molecule has 0 aromatic heterocycles. The van der Waals surface area contributed by atoms with Gasteiger partial charge in [0, 0.05) is 26.1 Å². The fourth-order valence-electron chi connectivity index (χ4n) is 4.55. The van der Waals surface area contributed by atoms with E-state index in [2.05, 4.69) is 28.4 Å². The highest BCUT2D eigenvalue weighted by Crippen LogP contribution is 2.26. The quantitative estimate of drug-likeness (QED) is 0.765. The van der Waals surface area contributed by atoms with E-state index in [1.54, 1.807) is 4.90 Å². The largest absolute Gasteiger partial charge is 0.350 e. The molecule has 158 valence electrons. The van der Waals surface area contributed by atoms with Gasteiger partial charge in [0.25, 0.3) is 0 Å². The number of benzene rings is 2. The molecule has 4 rings (SSSR count). The first kappa shape index (κ1) is 20.6. The molecule has 5 nitrogen and oxygen atoms in total. The van der Waals surface area contributed by atoms with Gasteiger partial charge in [0.05, 0.1) is 0 Å². The maximum atomic E-state index is 13.3. The summed E-state index contributed by atoms with van der Waals surface area (Å²) in [5, 5.41) is 3.13. The van der Waals surface area contributed by atoms with Crippen LogP contribution in [0.25, 0.3) is 0 Å². The number of rotatable bonds is 7. The van der Waals surface area contributed by atoms with E-state index < -0.39 is 6.04 Å². The number of nitrogens with zero attached hydrogens (tertiary/aromatic N) is 2. The molecule has 2 aromatic rings. The Kier molecular flexibility index (Phi) is 6.80. The van der Waals surface area contributed by atoms with Crippen molar-refractivity contribution in [2.75, 3.05) is 19.6 Å². The summed E-state index contributed by atoms with van der Waals surface area (Å²) in [4.78, 5) is 30.1. The number of carbonyl (C=O) groups excluding carboxylic acids is 2. The fourth-order valence-corrected chi connectivity index (χ4v) is 4.55. The van der Waals surface area contributed by atoms with Crippen LogP contribution >= 0.6 is 0 Å². The summed E-state index contributed by atoms with van der Waals surface area (Å²) in [6.07, 6.45) is 4.90. The zero-order chi connectivity index (χ0) is 20.8. The zero-order valence-corrected chi connectivity index (χ0v) is 17.6. The molecule has 0 aliphatic carbocycles. The van der Waals surface area contributed by atoms with Gasteiger partial charge >= 0.3 is 0 Å². The van der Waals surface area contributed by atoms with Crippen LogP contribution < -0.4 is 5.32 Å². The first-order valence-electron chi connectivity index (χ1n) is 11.1. The van der Waals surface area contributed by atoms with Crippen LogP contribution in [0.2, 0.25) is 0 Å². The van der Waals surface area contributed by atoms with Gasteiger partial charge in [0.15, 0.2) is 0 Å². The first-order chi connectivity index (χ1) is 14.7. The van der Waals surface area contributed by atoms with E-state index in [1.807, 2.05) is 36.4 Å². The summed E-state index contributed by atoms with van der Waals surface area (Å²) in [7, 11) is 0. The number of carbonyl (C=O) groups is 2. The van der Waals surface area contributed by atoms with Crippen LogP contribution in [0.1, 0.15) is 54.8 Å². The smallest absolute Gasteiger partial charge is 0.247 e. The first-order valence-corrected chi connectivity index (χ1v) is 11.1. The summed E-state index contributed by atoms with van der Waals surface area (Å²) in [6.45, 7) is 4.34. The van der Waals surface area contributed by atoms with Crippen LogP contribution in [0.4, 0.5) is 0 Å². The number of nitrogens with one attached hydrogen (secondary N) is 1. The van der Waals surface area contributed by atoms with Crippen molar-refractivity contribution in [2.45, 2.75) is 51.2 Å². The minimum atomic E-state index is -0.565. The molecule has 2 amide bonds. The molecule has 2 aliphatic heterocycles. The van der Waals surface area contributed by atoms with E-state index >= 15 is 0 Å². The summed E-state index contributed by atoms with van der Waals surface area (Å²) < 4.78 is 0. The molecule has 1 N–H and O–H groups in total. The Morgan fingerprint density at radius 3 is 2.27 bits per heavy atom. The summed E-state index contributed by atoms with van der Waals surface area (Å²) in [5.41, 5.74) is 3.29. The number of hydrogen-bond donors (Lipinski definition) is 1. The maximum Gasteiger partial charge on any atom is 0.247 e. The highest BCUT2D eigenvalue weighted by Gasteiger charge is 2.32. The van der Waals surface area contributed by atoms with Crippen LogP contribution in [0, 0.1) is 0 Å². The van der Waals surface area contributed by atoms with Gasteiger partial charge in [-0.1, -0.05) is 54.6 Å². The van der Waals surface area contributed by atoms with Gasteiger partial charge in [0.1, 0.15) is 6.04 Å². The molecule has 0 spiro atoms. The second-order valence-electron chi connectivity index (χ2n) is 8.33. The molecular formula is C25H31N3O2. The van der Waals surface area contributed by atoms with Crippen molar-refractivity contribution in [3.8, 4) is 0 Å². The van der Waals surface area contributed by atoms with Gasteiger partial charge in [-0.2, -0.15) is 0 Å². The Morgan fingerprint density at radius 1 is 0.867 bits per heavy atom. The highest BCUT2D eigenvalue weighted by atomic mass is 16.2. The third-order valence-electron chi connectivity index (χ3n) is 6.20. The summed E-state index contributed by atoms with van der Waals surface area (Å²) in [6, 6.07) is 17.4. The average Bonchev–Trinajstić information content (AvgIpc) is 3.29. The van der Waals surface area contributed by atoms with E-state index in [4.69, 9.17) is 0 Å². The number of piperidine rings is 1. The Labute approximate surface area is 179 Å². The third kappa shape index (κ3) is 4.90. The van der Waals surface area contributed by atoms with Crippen LogP contribution in [0.3, 0.4) is 0 Å². The molecule has 0 saturated carbocycles. The lowest BCUT2D eigenvalue weighted by atomic mass is 10.00. The molecule has 30 heavy (non-hydrogen) atoms. The van der Waals surface area contributed by atoms with E-state index in [9.17, 15) is 9.59 Å². The lowest BCUT2D eigenvalue weighted by Crippen LogP contribution is -2.45. The lowest BCUT2D eigenvalue weighted by Gasteiger charge is -2.34. The van der Waals surface area contributed by atoms with Crippen molar-refractivity contribution < 1.29 is 9.59 Å². The molecule has 2 heterocycles. The molecule has 2 aliphatic rings. The molecule has 0 radical (unpaired) electrons. The summed E-state index contributed by atoms with van der Waals surface area (Å²) >= 11 is 0. The van der Waals surface area contributed by atoms with Gasteiger partial charge in [-0.15, -0.1) is 0 Å². The van der Waals surface area contributed by atoms with Crippen molar-refractivity contribution in [3.05, 3.63) is 71.3 Å². The van der Waals surface area contributed by atoms with Crippen LogP contribution in [-0.4, -0.2) is 41.2 Å². The zero-order valence-electron chi connectivity index (χ0n) is 17.6. The Bertz CT molecular complexity index is 862. The lowest BCUT2D eigenvalue weighted by molar-refractivity contribution is -0.142. The molecule has 0 bridgehead atoms. The minimum absolute atomic E-state index is 0.0692. The van der Waals surface area contributed by atoms with Gasteiger partial charge in [-0.3, -0.25) is 14.5 Å². The maximum absolute atomic E-state index is 13.3. The van der Waals surface area contributed by atoms with Gasteiger partial charge in [0.2, 0.25) is 11.8 Å². The van der Waals surface area contributed by atoms with E-state index in [0.29, 0.717) is 19.5 Å². The van der Waals surface area contributed by atoms with E-state index in [-0.39, 0.29) is 11.8 Å². The van der Waals surface area contributed by atoms with Gasteiger partial charge in [-0.25, -0.2) is 0 Å². The molecule has 2 saturated heterocycles. The Balaban J connectivity index is 1.49. The predicted molar refractivity (Wildman–Crippen MR) is 118 cm³/mol. The van der Waals surface area contributed by atoms with Crippen molar-refractivity contribution in [3.63, 3.8) is 0 Å². The topological polar surface area (TPSA) is 52.7 Å². The van der Waals surface area contributed by atoms with Crippen molar-refractivity contribution >= 4 is 11.8 Å². The van der Waals surface area contributed by atoms with Gasteiger partial charge < -0.3 is 10.2 Å². The summed E-state index contributed by atoms with van der Waals surface area (Å²) in [5.74, 6) is -0.0351. The molecule has 2 aromatic carbocycles. The molecule has 1 atom stereocenters. The van der Waals surface area contributed by atoms with Crippen molar-refractivity contribution in [2.24, 2.45) is 0 Å². The SMILES string of the molecule is O=C(NCc1ccccc1CN1CCCC1)C(c1ccccc1)N1CCCCC1=O. The average molecular weight is 406 g/mol. The Morgan fingerprint density at radius 2 is 1.53 bits per heavy atom. The van der Waals surface area contributed by atoms with E-state index in [1.165, 1.54) is 18.4 Å². The van der Waals surface area contributed by atoms with Crippen LogP contribution in [0.15, 0.2) is 54.6 Å². The second-order valence-corrected chi connectivity index (χ2v) is 8.33. The molecule has 1 unspecified atom stereocenters. The minimum Gasteiger partial charge on any atom is -0.350 e. The highest BCUT2D eigenvalue weighted by molar-refractivity contribution is 5.89. The fraction of sp³-hybridized carbons (Fsp3) is 0.440. The second kappa shape index (κ2) is 9.90. The number of hydrogen-bond acceptors (Lipinski definition) is 3. The van der Waals surface area contributed by atoms with Crippen LogP contribution in [0.5, 0.6) is 0 Å². The monoisotopic (exact) mass is 405 g/mol. The predicted octanol–water partition coefficient (Wildman–Crippen LogP) is 3.65. The van der Waals surface area contributed by atoms with Gasteiger partial charge in [-0.05, 0) is 55.5 Å². The van der Waals surface area contributed by atoms with Crippen LogP contribution in [-0.2, 0) is 22.7 Å².